The lowest BCUT2D eigenvalue weighted by Crippen LogP contribution is -2.48. The average Bonchev–Trinajstić information content (AvgIpc) is 2.34. The Morgan fingerprint density at radius 1 is 1.38 bits per heavy atom. The van der Waals surface area contributed by atoms with Crippen LogP contribution in [0.25, 0.3) is 0 Å². The molecule has 7 nitrogen and oxygen atoms in total. The lowest BCUT2D eigenvalue weighted by molar-refractivity contribution is -0.385. The van der Waals surface area contributed by atoms with E-state index in [4.69, 9.17) is 5.73 Å². The largest absolute Gasteiger partial charge is 0.329 e. The van der Waals surface area contributed by atoms with Crippen molar-refractivity contribution in [2.45, 2.75) is 38.6 Å². The van der Waals surface area contributed by atoms with Gasteiger partial charge in [-0.3, -0.25) is 10.1 Å². The first kappa shape index (κ1) is 17.5. The fourth-order valence-corrected chi connectivity index (χ4v) is 3.64. The van der Waals surface area contributed by atoms with Crippen molar-refractivity contribution in [1.29, 1.82) is 0 Å². The van der Waals surface area contributed by atoms with Crippen LogP contribution in [0.3, 0.4) is 0 Å². The Morgan fingerprint density at radius 3 is 2.38 bits per heavy atom. The van der Waals surface area contributed by atoms with Gasteiger partial charge in [-0.25, -0.2) is 13.1 Å². The second kappa shape index (κ2) is 6.08. The molecular weight excluding hydrogens is 294 g/mol. The topological polar surface area (TPSA) is 115 Å². The summed E-state index contributed by atoms with van der Waals surface area (Å²) in [5.41, 5.74) is 5.15. The van der Waals surface area contributed by atoms with E-state index in [1.54, 1.807) is 0 Å². The number of nitro groups is 1. The molecule has 0 bridgehead atoms. The number of sulfonamides is 1. The number of nitrogens with two attached hydrogens (primary N) is 1. The van der Waals surface area contributed by atoms with Gasteiger partial charge in [0.15, 0.2) is 0 Å². The van der Waals surface area contributed by atoms with Gasteiger partial charge in [-0.1, -0.05) is 26.8 Å². The zero-order valence-corrected chi connectivity index (χ0v) is 13.4. The van der Waals surface area contributed by atoms with Crippen molar-refractivity contribution in [1.82, 2.24) is 4.72 Å². The lowest BCUT2D eigenvalue weighted by Gasteiger charge is -2.30. The molecular formula is C13H21N3O4S. The molecule has 8 heteroatoms. The summed E-state index contributed by atoms with van der Waals surface area (Å²) in [4.78, 5) is 10.2. The highest BCUT2D eigenvalue weighted by molar-refractivity contribution is 7.89. The number of benzene rings is 1. The third-order valence-corrected chi connectivity index (χ3v) is 4.94. The Bertz CT molecular complexity index is 635. The molecule has 0 radical (unpaired) electrons. The van der Waals surface area contributed by atoms with Gasteiger partial charge in [0.2, 0.25) is 10.0 Å². The monoisotopic (exact) mass is 315 g/mol. The summed E-state index contributed by atoms with van der Waals surface area (Å²) in [6, 6.07) is 3.51. The molecule has 1 atom stereocenters. The minimum Gasteiger partial charge on any atom is -0.329 e. The van der Waals surface area contributed by atoms with Gasteiger partial charge >= 0.3 is 0 Å². The molecule has 0 amide bonds. The van der Waals surface area contributed by atoms with Crippen LogP contribution in [0.15, 0.2) is 23.1 Å². The Labute approximate surface area is 124 Å². The minimum absolute atomic E-state index is 0.0978. The highest BCUT2D eigenvalue weighted by Gasteiger charge is 2.30. The van der Waals surface area contributed by atoms with Gasteiger partial charge in [0.05, 0.1) is 9.82 Å². The van der Waals surface area contributed by atoms with Crippen molar-refractivity contribution < 1.29 is 13.3 Å². The van der Waals surface area contributed by atoms with Crippen molar-refractivity contribution in [2.24, 2.45) is 11.1 Å². The van der Waals surface area contributed by atoms with E-state index in [0.29, 0.717) is 0 Å². The zero-order chi connectivity index (χ0) is 16.4. The fraction of sp³-hybridized carbons (Fsp3) is 0.538. The van der Waals surface area contributed by atoms with E-state index in [-0.39, 0.29) is 28.1 Å². The number of nitrogens with one attached hydrogen (secondary N) is 1. The summed E-state index contributed by atoms with van der Waals surface area (Å²) in [6.45, 7) is 7.16. The van der Waals surface area contributed by atoms with Crippen LogP contribution in [0.2, 0.25) is 0 Å². The highest BCUT2D eigenvalue weighted by Crippen LogP contribution is 2.26. The number of rotatable bonds is 5. The summed E-state index contributed by atoms with van der Waals surface area (Å²) in [5, 5.41) is 10.9. The summed E-state index contributed by atoms with van der Waals surface area (Å²) in [6.07, 6.45) is 0. The predicted octanol–water partition coefficient (Wildman–Crippen LogP) is 1.55. The van der Waals surface area contributed by atoms with E-state index in [0.717, 1.165) is 0 Å². The molecule has 21 heavy (non-hydrogen) atoms. The van der Waals surface area contributed by atoms with Gasteiger partial charge in [-0.2, -0.15) is 0 Å². The first-order valence-electron chi connectivity index (χ1n) is 6.47. The average molecular weight is 315 g/mol. The molecule has 0 aliphatic carbocycles. The molecule has 0 aliphatic rings. The van der Waals surface area contributed by atoms with Crippen LogP contribution in [-0.4, -0.2) is 25.9 Å². The normalized spacial score (nSPS) is 14.0. The third-order valence-electron chi connectivity index (χ3n) is 3.32. The maximum Gasteiger partial charge on any atom is 0.273 e. The molecule has 0 heterocycles. The summed E-state index contributed by atoms with van der Waals surface area (Å²) < 4.78 is 27.4. The van der Waals surface area contributed by atoms with E-state index in [1.807, 2.05) is 20.8 Å². The maximum absolute atomic E-state index is 12.5. The number of hydrogen-bond donors (Lipinski definition) is 2. The van der Waals surface area contributed by atoms with E-state index in [2.05, 4.69) is 4.72 Å². The van der Waals surface area contributed by atoms with Gasteiger partial charge in [0.25, 0.3) is 5.69 Å². The maximum atomic E-state index is 12.5. The van der Waals surface area contributed by atoms with Crippen LogP contribution in [0.1, 0.15) is 26.3 Å². The summed E-state index contributed by atoms with van der Waals surface area (Å²) >= 11 is 0. The van der Waals surface area contributed by atoms with E-state index < -0.39 is 21.0 Å². The van der Waals surface area contributed by atoms with Crippen molar-refractivity contribution in [3.8, 4) is 0 Å². The Hall–Kier alpha value is -1.51. The molecule has 1 aromatic carbocycles. The molecule has 0 fully saturated rings. The summed E-state index contributed by atoms with van der Waals surface area (Å²) in [7, 11) is -3.88. The molecule has 3 N–H and O–H groups in total. The molecule has 0 aromatic heterocycles. The van der Waals surface area contributed by atoms with Gasteiger partial charge in [0, 0.05) is 24.2 Å². The second-order valence-electron chi connectivity index (χ2n) is 5.93. The van der Waals surface area contributed by atoms with Gasteiger partial charge in [0.1, 0.15) is 0 Å². The Morgan fingerprint density at radius 2 is 1.95 bits per heavy atom. The van der Waals surface area contributed by atoms with Crippen molar-refractivity contribution >= 4 is 15.7 Å². The molecule has 0 saturated carbocycles. The first-order chi connectivity index (χ1) is 9.50. The molecule has 1 rings (SSSR count). The van der Waals surface area contributed by atoms with E-state index >= 15 is 0 Å². The number of nitrogens with zero attached hydrogens (tertiary/aromatic N) is 1. The van der Waals surface area contributed by atoms with E-state index in [9.17, 15) is 18.5 Å². The lowest BCUT2D eigenvalue weighted by atomic mass is 9.88. The molecule has 1 aromatic rings. The van der Waals surface area contributed by atoms with Crippen molar-refractivity contribution in [3.05, 3.63) is 33.9 Å². The summed E-state index contributed by atoms with van der Waals surface area (Å²) in [5.74, 6) is 0. The SMILES string of the molecule is Cc1c([N+](=O)[O-])cccc1S(=O)(=O)NC(CN)C(C)(C)C. The van der Waals surface area contributed by atoms with Crippen LogP contribution < -0.4 is 10.5 Å². The van der Waals surface area contributed by atoms with Gasteiger partial charge in [-0.15, -0.1) is 0 Å². The standard InChI is InChI=1S/C13H21N3O4S/c1-9-10(16(17)18)6-5-7-11(9)21(19,20)15-12(8-14)13(2,3)4/h5-7,12,15H,8,14H2,1-4H3. The highest BCUT2D eigenvalue weighted by atomic mass is 32.2. The molecule has 118 valence electrons. The second-order valence-corrected chi connectivity index (χ2v) is 7.62. The van der Waals surface area contributed by atoms with Crippen LogP contribution in [0, 0.1) is 22.5 Å². The quantitative estimate of drug-likeness (QED) is 0.632. The third kappa shape index (κ3) is 3.99. The smallest absolute Gasteiger partial charge is 0.273 e. The zero-order valence-electron chi connectivity index (χ0n) is 12.6. The molecule has 0 saturated heterocycles. The Kier molecular flexibility index (Phi) is 5.08. The molecule has 1 unspecified atom stereocenters. The van der Waals surface area contributed by atoms with Crippen LogP contribution >= 0.6 is 0 Å². The van der Waals surface area contributed by atoms with Crippen molar-refractivity contribution in [3.63, 3.8) is 0 Å². The molecule has 0 spiro atoms. The van der Waals surface area contributed by atoms with Crippen LogP contribution in [0.4, 0.5) is 5.69 Å². The fourth-order valence-electron chi connectivity index (χ4n) is 1.92. The van der Waals surface area contributed by atoms with Crippen molar-refractivity contribution in [2.75, 3.05) is 6.54 Å². The van der Waals surface area contributed by atoms with Crippen LogP contribution in [0.5, 0.6) is 0 Å². The number of hydrogen-bond acceptors (Lipinski definition) is 5. The van der Waals surface area contributed by atoms with E-state index in [1.165, 1.54) is 25.1 Å². The first-order valence-corrected chi connectivity index (χ1v) is 7.95. The number of nitro benzene ring substituents is 1. The minimum atomic E-state index is -3.88. The van der Waals surface area contributed by atoms with Gasteiger partial charge in [-0.05, 0) is 18.4 Å². The predicted molar refractivity (Wildman–Crippen MR) is 80.5 cm³/mol. The van der Waals surface area contributed by atoms with Gasteiger partial charge < -0.3 is 5.73 Å². The molecule has 0 aliphatic heterocycles. The van der Waals surface area contributed by atoms with Crippen LogP contribution in [-0.2, 0) is 10.0 Å². The Balaban J connectivity index is 3.27.